The summed E-state index contributed by atoms with van der Waals surface area (Å²) in [4.78, 5) is 40.0. The Kier molecular flexibility index (Phi) is 6.63. The lowest BCUT2D eigenvalue weighted by molar-refractivity contribution is -0.419. The van der Waals surface area contributed by atoms with Crippen LogP contribution in [0.2, 0.25) is 0 Å². The predicted molar refractivity (Wildman–Crippen MR) is 130 cm³/mol. The average Bonchev–Trinajstić information content (AvgIpc) is 3.30. The molecule has 1 aromatic carbocycles. The van der Waals surface area contributed by atoms with Gasteiger partial charge in [-0.25, -0.2) is 0 Å². The van der Waals surface area contributed by atoms with Crippen LogP contribution >= 0.6 is 0 Å². The number of benzene rings is 1. The SMILES string of the molecule is O=C(CCC1CCN(CCC2C=CC([N+](=O)[O-])=CC2)CC1)c1cc2c3c(c1)CCN3C(=O)CC2. The molecule has 1 aromatic rings. The molecule has 3 heterocycles. The molecule has 1 atom stereocenters. The summed E-state index contributed by atoms with van der Waals surface area (Å²) >= 11 is 0. The molecule has 7 nitrogen and oxygen atoms in total. The molecule has 34 heavy (non-hydrogen) atoms. The topological polar surface area (TPSA) is 83.8 Å². The molecule has 7 heteroatoms. The Morgan fingerprint density at radius 3 is 2.53 bits per heavy atom. The Hall–Kier alpha value is -2.80. The third kappa shape index (κ3) is 4.85. The van der Waals surface area contributed by atoms with Gasteiger partial charge < -0.3 is 9.80 Å². The van der Waals surface area contributed by atoms with Gasteiger partial charge in [-0.2, -0.15) is 0 Å². The fourth-order valence-electron chi connectivity index (χ4n) is 5.95. The molecular weight excluding hydrogens is 430 g/mol. The van der Waals surface area contributed by atoms with Crippen molar-refractivity contribution >= 4 is 17.4 Å². The van der Waals surface area contributed by atoms with Crippen molar-refractivity contribution in [2.75, 3.05) is 31.1 Å². The molecule has 1 fully saturated rings. The van der Waals surface area contributed by atoms with Gasteiger partial charge in [0.15, 0.2) is 5.78 Å². The van der Waals surface area contributed by atoms with Crippen molar-refractivity contribution in [3.8, 4) is 0 Å². The normalized spacial score (nSPS) is 22.6. The summed E-state index contributed by atoms with van der Waals surface area (Å²) in [5.74, 6) is 1.44. The van der Waals surface area contributed by atoms with Gasteiger partial charge in [0.2, 0.25) is 5.91 Å². The molecule has 1 amide bonds. The van der Waals surface area contributed by atoms with Crippen LogP contribution in [0.25, 0.3) is 0 Å². The molecule has 0 radical (unpaired) electrons. The summed E-state index contributed by atoms with van der Waals surface area (Å²) < 4.78 is 0. The molecule has 1 unspecified atom stereocenters. The van der Waals surface area contributed by atoms with E-state index in [1.807, 2.05) is 23.1 Å². The number of allylic oxidation sites excluding steroid dienone is 3. The fourth-order valence-corrected chi connectivity index (χ4v) is 5.95. The molecular formula is C27H33N3O4. The highest BCUT2D eigenvalue weighted by Gasteiger charge is 2.32. The number of aryl methyl sites for hydroxylation is 1. The first-order valence-corrected chi connectivity index (χ1v) is 12.7. The molecule has 0 spiro atoms. The second kappa shape index (κ2) is 9.82. The maximum atomic E-state index is 13.0. The first-order valence-electron chi connectivity index (χ1n) is 12.7. The molecule has 0 saturated carbocycles. The zero-order chi connectivity index (χ0) is 23.7. The standard InChI is InChI=1S/C27H33N3O4/c31-25(23-17-21-4-8-26(32)29-16-12-22(18-23)27(21)29)7-3-20-10-14-28(15-11-20)13-9-19-1-5-24(6-2-19)30(33)34/h1,5-6,17-20H,2-4,7-16H2. The minimum atomic E-state index is -0.321. The van der Waals surface area contributed by atoms with Crippen LogP contribution in [0.5, 0.6) is 0 Å². The van der Waals surface area contributed by atoms with Gasteiger partial charge in [-0.15, -0.1) is 0 Å². The van der Waals surface area contributed by atoms with Crippen LogP contribution in [-0.2, 0) is 17.6 Å². The number of piperidine rings is 1. The minimum absolute atomic E-state index is 0.211. The van der Waals surface area contributed by atoms with Gasteiger partial charge in [-0.05, 0) is 106 Å². The van der Waals surface area contributed by atoms with E-state index in [0.717, 1.165) is 82.4 Å². The summed E-state index contributed by atoms with van der Waals surface area (Å²) in [7, 11) is 0. The van der Waals surface area contributed by atoms with E-state index in [-0.39, 0.29) is 22.3 Å². The van der Waals surface area contributed by atoms with Gasteiger partial charge in [0.25, 0.3) is 5.70 Å². The summed E-state index contributed by atoms with van der Waals surface area (Å²) in [5.41, 5.74) is 4.46. The number of amides is 1. The second-order valence-corrected chi connectivity index (χ2v) is 10.2. The van der Waals surface area contributed by atoms with Crippen molar-refractivity contribution in [3.63, 3.8) is 0 Å². The summed E-state index contributed by atoms with van der Waals surface area (Å²) in [5, 5.41) is 10.8. The molecule has 3 aliphatic heterocycles. The summed E-state index contributed by atoms with van der Waals surface area (Å²) in [6, 6.07) is 4.07. The van der Waals surface area contributed by atoms with Gasteiger partial charge in [-0.3, -0.25) is 19.7 Å². The Morgan fingerprint density at radius 2 is 1.82 bits per heavy atom. The van der Waals surface area contributed by atoms with Gasteiger partial charge in [-0.1, -0.05) is 6.08 Å². The van der Waals surface area contributed by atoms with Crippen LogP contribution < -0.4 is 4.90 Å². The van der Waals surface area contributed by atoms with Gasteiger partial charge in [0, 0.05) is 31.0 Å². The highest BCUT2D eigenvalue weighted by atomic mass is 16.6. The number of carbonyl (C=O) groups is 2. The van der Waals surface area contributed by atoms with Crippen LogP contribution in [-0.4, -0.2) is 47.7 Å². The van der Waals surface area contributed by atoms with Crippen LogP contribution in [0.1, 0.15) is 66.4 Å². The Morgan fingerprint density at radius 1 is 1.06 bits per heavy atom. The molecule has 1 saturated heterocycles. The van der Waals surface area contributed by atoms with Crippen LogP contribution in [0, 0.1) is 22.0 Å². The van der Waals surface area contributed by atoms with E-state index < -0.39 is 0 Å². The molecule has 5 rings (SSSR count). The van der Waals surface area contributed by atoms with Crippen molar-refractivity contribution in [2.45, 2.75) is 57.8 Å². The molecule has 0 aromatic heterocycles. The smallest absolute Gasteiger partial charge is 0.265 e. The first-order chi connectivity index (χ1) is 16.5. The molecule has 0 bridgehead atoms. The zero-order valence-electron chi connectivity index (χ0n) is 19.7. The van der Waals surface area contributed by atoms with Gasteiger partial charge in [0.1, 0.15) is 0 Å². The molecule has 1 aliphatic carbocycles. The number of ketones is 1. The molecule has 4 aliphatic rings. The van der Waals surface area contributed by atoms with Crippen molar-refractivity contribution in [1.82, 2.24) is 4.90 Å². The highest BCUT2D eigenvalue weighted by Crippen LogP contribution is 2.38. The van der Waals surface area contributed by atoms with Crippen molar-refractivity contribution in [1.29, 1.82) is 0 Å². The number of hydrogen-bond donors (Lipinski definition) is 0. The quantitative estimate of drug-likeness (QED) is 0.326. The van der Waals surface area contributed by atoms with E-state index in [0.29, 0.717) is 24.7 Å². The van der Waals surface area contributed by atoms with Crippen LogP contribution in [0.4, 0.5) is 5.69 Å². The van der Waals surface area contributed by atoms with Crippen molar-refractivity contribution in [3.05, 3.63) is 62.9 Å². The van der Waals surface area contributed by atoms with Gasteiger partial charge >= 0.3 is 0 Å². The molecule has 180 valence electrons. The summed E-state index contributed by atoms with van der Waals surface area (Å²) in [6.07, 6.45) is 13.1. The first kappa shape index (κ1) is 23.0. The second-order valence-electron chi connectivity index (χ2n) is 10.2. The number of rotatable bonds is 8. The van der Waals surface area contributed by atoms with Crippen LogP contribution in [0.3, 0.4) is 0 Å². The van der Waals surface area contributed by atoms with Crippen LogP contribution in [0.15, 0.2) is 36.1 Å². The van der Waals surface area contributed by atoms with E-state index in [9.17, 15) is 19.7 Å². The average molecular weight is 464 g/mol. The van der Waals surface area contributed by atoms with Crippen molar-refractivity contribution in [2.24, 2.45) is 11.8 Å². The number of hydrogen-bond acceptors (Lipinski definition) is 5. The number of nitrogens with zero attached hydrogens (tertiary/aromatic N) is 3. The Labute approximate surface area is 200 Å². The monoisotopic (exact) mass is 463 g/mol. The van der Waals surface area contributed by atoms with E-state index in [2.05, 4.69) is 4.90 Å². The largest absolute Gasteiger partial charge is 0.312 e. The van der Waals surface area contributed by atoms with E-state index >= 15 is 0 Å². The van der Waals surface area contributed by atoms with E-state index in [1.54, 1.807) is 12.2 Å². The number of anilines is 1. The lowest BCUT2D eigenvalue weighted by Gasteiger charge is -2.32. The summed E-state index contributed by atoms with van der Waals surface area (Å²) in [6.45, 7) is 3.92. The predicted octanol–water partition coefficient (Wildman–Crippen LogP) is 4.32. The maximum Gasteiger partial charge on any atom is 0.265 e. The van der Waals surface area contributed by atoms with Crippen molar-refractivity contribution < 1.29 is 14.5 Å². The maximum absolute atomic E-state index is 13.0. The third-order valence-electron chi connectivity index (χ3n) is 8.06. The highest BCUT2D eigenvalue weighted by molar-refractivity contribution is 6.02. The zero-order valence-corrected chi connectivity index (χ0v) is 19.7. The molecule has 0 N–H and O–H groups in total. The van der Waals surface area contributed by atoms with E-state index in [4.69, 9.17) is 0 Å². The number of nitro groups is 1. The Balaban J connectivity index is 1.06. The fraction of sp³-hybridized carbons (Fsp3) is 0.556. The number of likely N-dealkylation sites (tertiary alicyclic amines) is 1. The van der Waals surface area contributed by atoms with E-state index in [1.165, 1.54) is 11.1 Å². The number of Topliss-reactive ketones (excluding diaryl/α,β-unsaturated/α-hetero) is 1. The minimum Gasteiger partial charge on any atom is -0.312 e. The third-order valence-corrected chi connectivity index (χ3v) is 8.06. The lowest BCUT2D eigenvalue weighted by atomic mass is 9.88. The number of carbonyl (C=O) groups excluding carboxylic acids is 2. The van der Waals surface area contributed by atoms with Gasteiger partial charge in [0.05, 0.1) is 10.6 Å². The Bertz CT molecular complexity index is 1050. The lowest BCUT2D eigenvalue weighted by Crippen LogP contribution is -2.35.